The average Bonchev–Trinajstić information content (AvgIpc) is 2.13. The van der Waals surface area contributed by atoms with Gasteiger partial charge in [-0.05, 0) is 54.0 Å². The first-order chi connectivity index (χ1) is 8.16. The largest absolute Gasteiger partial charge is 0.427 e. The quantitative estimate of drug-likeness (QED) is 0.593. The van der Waals surface area contributed by atoms with Crippen molar-refractivity contribution in [1.29, 1.82) is 0 Å². The van der Waals surface area contributed by atoms with Crippen molar-refractivity contribution in [3.63, 3.8) is 0 Å². The first-order valence-electron chi connectivity index (χ1n) is 6.46. The molecule has 0 radical (unpaired) electrons. The smallest absolute Gasteiger partial charge is 0.308 e. The van der Waals surface area contributed by atoms with Crippen LogP contribution in [0.1, 0.15) is 51.3 Å². The van der Waals surface area contributed by atoms with E-state index >= 15 is 0 Å². The van der Waals surface area contributed by atoms with E-state index in [0.717, 1.165) is 0 Å². The van der Waals surface area contributed by atoms with Crippen molar-refractivity contribution < 1.29 is 9.53 Å². The van der Waals surface area contributed by atoms with Crippen LogP contribution in [0.15, 0.2) is 12.1 Å². The molecule has 0 N–H and O–H groups in total. The van der Waals surface area contributed by atoms with Gasteiger partial charge in [0.1, 0.15) is 5.75 Å². The molecule has 0 bridgehead atoms. The standard InChI is InChI=1S/C16H24O2/c1-10(2)16(6,7)15-11(3)8-14(9-12(15)4)18-13(5)17/h8-10H,1-7H3. The summed E-state index contributed by atoms with van der Waals surface area (Å²) in [7, 11) is 0. The summed E-state index contributed by atoms with van der Waals surface area (Å²) in [6, 6.07) is 3.90. The molecule has 0 amide bonds. The fraction of sp³-hybridized carbons (Fsp3) is 0.562. The fourth-order valence-corrected chi connectivity index (χ4v) is 2.45. The molecule has 0 saturated heterocycles. The molecular weight excluding hydrogens is 224 g/mol. The predicted molar refractivity (Wildman–Crippen MR) is 75.1 cm³/mol. The maximum absolute atomic E-state index is 11.0. The van der Waals surface area contributed by atoms with E-state index < -0.39 is 0 Å². The lowest BCUT2D eigenvalue weighted by Crippen LogP contribution is -2.26. The molecule has 0 fully saturated rings. The zero-order chi connectivity index (χ0) is 14.1. The van der Waals surface area contributed by atoms with E-state index in [9.17, 15) is 4.79 Å². The Kier molecular flexibility index (Phi) is 4.20. The van der Waals surface area contributed by atoms with E-state index in [-0.39, 0.29) is 11.4 Å². The van der Waals surface area contributed by atoms with E-state index in [2.05, 4.69) is 41.5 Å². The molecule has 2 heteroatoms. The van der Waals surface area contributed by atoms with Gasteiger partial charge in [0.2, 0.25) is 0 Å². The van der Waals surface area contributed by atoms with E-state index in [4.69, 9.17) is 4.74 Å². The molecule has 1 rings (SSSR count). The molecule has 0 aliphatic rings. The molecule has 1 aromatic rings. The van der Waals surface area contributed by atoms with E-state index in [0.29, 0.717) is 11.7 Å². The van der Waals surface area contributed by atoms with Crippen molar-refractivity contribution in [1.82, 2.24) is 0 Å². The van der Waals surface area contributed by atoms with Gasteiger partial charge in [0.15, 0.2) is 0 Å². The summed E-state index contributed by atoms with van der Waals surface area (Å²) in [4.78, 5) is 11.0. The predicted octanol–water partition coefficient (Wildman–Crippen LogP) is 4.16. The molecular formula is C16H24O2. The Labute approximate surface area is 110 Å². The molecule has 0 aromatic heterocycles. The average molecular weight is 248 g/mol. The van der Waals surface area contributed by atoms with E-state index in [1.54, 1.807) is 0 Å². The molecule has 0 spiro atoms. The van der Waals surface area contributed by atoms with Gasteiger partial charge in [-0.2, -0.15) is 0 Å². The van der Waals surface area contributed by atoms with Gasteiger partial charge in [0.05, 0.1) is 0 Å². The fourth-order valence-electron chi connectivity index (χ4n) is 2.45. The topological polar surface area (TPSA) is 26.3 Å². The number of carbonyl (C=O) groups excluding carboxylic acids is 1. The summed E-state index contributed by atoms with van der Waals surface area (Å²) in [5.41, 5.74) is 3.84. The van der Waals surface area contributed by atoms with Gasteiger partial charge in [-0.3, -0.25) is 4.79 Å². The Morgan fingerprint density at radius 2 is 1.61 bits per heavy atom. The third-order valence-corrected chi connectivity index (χ3v) is 3.86. The summed E-state index contributed by atoms with van der Waals surface area (Å²) in [5, 5.41) is 0. The van der Waals surface area contributed by atoms with Gasteiger partial charge >= 0.3 is 5.97 Å². The van der Waals surface area contributed by atoms with Crippen molar-refractivity contribution in [2.45, 2.75) is 53.9 Å². The van der Waals surface area contributed by atoms with E-state index in [1.165, 1.54) is 23.6 Å². The lowest BCUT2D eigenvalue weighted by molar-refractivity contribution is -0.131. The minimum absolute atomic E-state index is 0.114. The minimum atomic E-state index is -0.273. The Morgan fingerprint density at radius 3 is 1.94 bits per heavy atom. The maximum atomic E-state index is 11.0. The minimum Gasteiger partial charge on any atom is -0.427 e. The number of rotatable bonds is 3. The Morgan fingerprint density at radius 1 is 1.17 bits per heavy atom. The Balaban J connectivity index is 3.29. The summed E-state index contributed by atoms with van der Waals surface area (Å²) in [5.74, 6) is 0.917. The van der Waals surface area contributed by atoms with Crippen LogP contribution in [-0.4, -0.2) is 5.97 Å². The highest BCUT2D eigenvalue weighted by atomic mass is 16.5. The van der Waals surface area contributed by atoms with Crippen LogP contribution in [0.2, 0.25) is 0 Å². The first-order valence-corrected chi connectivity index (χ1v) is 6.46. The second-order valence-electron chi connectivity index (χ2n) is 5.90. The van der Waals surface area contributed by atoms with Crippen molar-refractivity contribution >= 4 is 5.97 Å². The van der Waals surface area contributed by atoms with Crippen molar-refractivity contribution in [3.8, 4) is 5.75 Å². The number of aryl methyl sites for hydroxylation is 2. The summed E-state index contributed by atoms with van der Waals surface area (Å²) >= 11 is 0. The van der Waals surface area contributed by atoms with Gasteiger partial charge in [-0.25, -0.2) is 0 Å². The SMILES string of the molecule is CC(=O)Oc1cc(C)c(C(C)(C)C(C)C)c(C)c1. The third kappa shape index (κ3) is 2.92. The molecule has 0 saturated carbocycles. The lowest BCUT2D eigenvalue weighted by Gasteiger charge is -2.33. The summed E-state index contributed by atoms with van der Waals surface area (Å²) in [6.07, 6.45) is 0. The van der Waals surface area contributed by atoms with Crippen LogP contribution in [-0.2, 0) is 10.2 Å². The summed E-state index contributed by atoms with van der Waals surface area (Å²) in [6.45, 7) is 14.6. The van der Waals surface area contributed by atoms with Gasteiger partial charge in [0.25, 0.3) is 0 Å². The number of carbonyl (C=O) groups is 1. The molecule has 0 aliphatic heterocycles. The van der Waals surface area contributed by atoms with Crippen molar-refractivity contribution in [2.75, 3.05) is 0 Å². The van der Waals surface area contributed by atoms with Crippen LogP contribution < -0.4 is 4.74 Å². The summed E-state index contributed by atoms with van der Waals surface area (Å²) < 4.78 is 5.17. The van der Waals surface area contributed by atoms with Crippen LogP contribution in [0.3, 0.4) is 0 Å². The van der Waals surface area contributed by atoms with Crippen LogP contribution >= 0.6 is 0 Å². The third-order valence-electron chi connectivity index (χ3n) is 3.86. The monoisotopic (exact) mass is 248 g/mol. The van der Waals surface area contributed by atoms with Gasteiger partial charge in [-0.15, -0.1) is 0 Å². The van der Waals surface area contributed by atoms with Crippen LogP contribution in [0.4, 0.5) is 0 Å². The normalized spacial score (nSPS) is 11.8. The molecule has 100 valence electrons. The molecule has 0 unspecified atom stereocenters. The van der Waals surface area contributed by atoms with Gasteiger partial charge in [0, 0.05) is 6.92 Å². The highest BCUT2D eigenvalue weighted by molar-refractivity contribution is 5.69. The van der Waals surface area contributed by atoms with E-state index in [1.807, 2.05) is 12.1 Å². The number of hydrogen-bond donors (Lipinski definition) is 0. The van der Waals surface area contributed by atoms with Crippen LogP contribution in [0.5, 0.6) is 5.75 Å². The maximum Gasteiger partial charge on any atom is 0.308 e. The second-order valence-corrected chi connectivity index (χ2v) is 5.90. The molecule has 0 aliphatic carbocycles. The van der Waals surface area contributed by atoms with Gasteiger partial charge in [-0.1, -0.05) is 27.7 Å². The van der Waals surface area contributed by atoms with Crippen molar-refractivity contribution in [2.24, 2.45) is 5.92 Å². The zero-order valence-corrected chi connectivity index (χ0v) is 12.5. The Bertz CT molecular complexity index is 433. The number of hydrogen-bond acceptors (Lipinski definition) is 2. The highest BCUT2D eigenvalue weighted by Crippen LogP contribution is 2.37. The Hall–Kier alpha value is -1.31. The van der Waals surface area contributed by atoms with Crippen molar-refractivity contribution in [3.05, 3.63) is 28.8 Å². The van der Waals surface area contributed by atoms with Crippen LogP contribution in [0.25, 0.3) is 0 Å². The second kappa shape index (κ2) is 5.13. The molecule has 0 heterocycles. The highest BCUT2D eigenvalue weighted by Gasteiger charge is 2.28. The number of esters is 1. The number of ether oxygens (including phenoxy) is 1. The molecule has 2 nitrogen and oxygen atoms in total. The number of benzene rings is 1. The zero-order valence-electron chi connectivity index (χ0n) is 12.5. The molecule has 18 heavy (non-hydrogen) atoms. The van der Waals surface area contributed by atoms with Gasteiger partial charge < -0.3 is 4.74 Å². The molecule has 0 atom stereocenters. The van der Waals surface area contributed by atoms with Crippen LogP contribution in [0, 0.1) is 19.8 Å². The lowest BCUT2D eigenvalue weighted by atomic mass is 9.72. The molecule has 1 aromatic carbocycles. The first kappa shape index (κ1) is 14.7.